The third kappa shape index (κ3) is 10.6. The highest BCUT2D eigenvalue weighted by Gasteiger charge is 2.20. The molecular weight excluding hydrogens is 396 g/mol. The van der Waals surface area contributed by atoms with E-state index in [9.17, 15) is 9.59 Å². The molecule has 7 heteroatoms. The predicted octanol–water partition coefficient (Wildman–Crippen LogP) is 4.25. The van der Waals surface area contributed by atoms with E-state index < -0.39 is 18.1 Å². The second-order valence-corrected chi connectivity index (χ2v) is 8.39. The summed E-state index contributed by atoms with van der Waals surface area (Å²) < 4.78 is 9.56. The number of benzene rings is 1. The lowest BCUT2D eigenvalue weighted by molar-refractivity contribution is -0.140. The molecule has 0 aromatic heterocycles. The van der Waals surface area contributed by atoms with Crippen LogP contribution in [0.15, 0.2) is 30.3 Å². The molecule has 1 unspecified atom stereocenters. The molecule has 2 aliphatic carbocycles. The standard InChI is InChI=1S/C12H15NO5.C12H23N/c1-17-8-10(11(14)15)13-12(16)18-7-9-5-3-2-4-6-9;1-3-7-11(8-4-1)13-12-9-5-2-6-10-12/h2-6,10H,7-8H2,1H3,(H,13,16)(H,14,15);11-13H,1-10H2. The first-order valence-electron chi connectivity index (χ1n) is 11.5. The van der Waals surface area contributed by atoms with E-state index in [1.807, 2.05) is 18.2 Å². The molecule has 1 aromatic rings. The van der Waals surface area contributed by atoms with E-state index in [2.05, 4.69) is 15.4 Å². The van der Waals surface area contributed by atoms with E-state index in [0.717, 1.165) is 17.6 Å². The number of nitrogens with one attached hydrogen (secondary N) is 2. The van der Waals surface area contributed by atoms with E-state index in [0.29, 0.717) is 0 Å². The van der Waals surface area contributed by atoms with Gasteiger partial charge in [-0.3, -0.25) is 0 Å². The normalized spacial score (nSPS) is 18.4. The quantitative estimate of drug-likeness (QED) is 0.566. The van der Waals surface area contributed by atoms with Gasteiger partial charge >= 0.3 is 12.1 Å². The van der Waals surface area contributed by atoms with E-state index >= 15 is 0 Å². The Hall–Kier alpha value is -2.12. The van der Waals surface area contributed by atoms with Crippen LogP contribution in [0.5, 0.6) is 0 Å². The van der Waals surface area contributed by atoms with Gasteiger partial charge in [0.1, 0.15) is 6.61 Å². The number of aliphatic carboxylic acids is 1. The number of carbonyl (C=O) groups is 2. The Kier molecular flexibility index (Phi) is 12.0. The summed E-state index contributed by atoms with van der Waals surface area (Å²) in [5, 5.41) is 14.8. The predicted molar refractivity (Wildman–Crippen MR) is 120 cm³/mol. The van der Waals surface area contributed by atoms with Crippen LogP contribution in [0.1, 0.15) is 69.8 Å². The molecule has 31 heavy (non-hydrogen) atoms. The summed E-state index contributed by atoms with van der Waals surface area (Å²) in [6.07, 6.45) is 13.8. The third-order valence-corrected chi connectivity index (χ3v) is 5.82. The van der Waals surface area contributed by atoms with Gasteiger partial charge in [-0.15, -0.1) is 0 Å². The minimum Gasteiger partial charge on any atom is -0.480 e. The molecule has 1 amide bonds. The van der Waals surface area contributed by atoms with Crippen LogP contribution in [-0.2, 0) is 20.9 Å². The molecule has 0 spiro atoms. The number of carboxylic acid groups (broad SMARTS) is 1. The molecule has 2 saturated carbocycles. The highest BCUT2D eigenvalue weighted by Crippen LogP contribution is 2.22. The third-order valence-electron chi connectivity index (χ3n) is 5.82. The lowest BCUT2D eigenvalue weighted by Gasteiger charge is -2.30. The summed E-state index contributed by atoms with van der Waals surface area (Å²) in [5.41, 5.74) is 0.825. The second kappa shape index (κ2) is 14.8. The fourth-order valence-corrected chi connectivity index (χ4v) is 4.12. The van der Waals surface area contributed by atoms with E-state index in [1.54, 1.807) is 12.1 Å². The van der Waals surface area contributed by atoms with Crippen LogP contribution in [0, 0.1) is 0 Å². The number of hydrogen-bond donors (Lipinski definition) is 3. The van der Waals surface area contributed by atoms with Gasteiger partial charge in [0.25, 0.3) is 0 Å². The summed E-state index contributed by atoms with van der Waals surface area (Å²) in [5.74, 6) is -1.17. The fourth-order valence-electron chi connectivity index (χ4n) is 4.12. The molecule has 0 saturated heterocycles. The summed E-state index contributed by atoms with van der Waals surface area (Å²) in [7, 11) is 1.35. The van der Waals surface area contributed by atoms with Crippen molar-refractivity contribution in [3.63, 3.8) is 0 Å². The Morgan fingerprint density at radius 1 is 0.968 bits per heavy atom. The number of carbonyl (C=O) groups excluding carboxylic acids is 1. The lowest BCUT2D eigenvalue weighted by Crippen LogP contribution is -2.43. The van der Waals surface area contributed by atoms with Gasteiger partial charge in [-0.05, 0) is 31.2 Å². The van der Waals surface area contributed by atoms with E-state index in [-0.39, 0.29) is 13.2 Å². The maximum Gasteiger partial charge on any atom is 0.408 e. The molecule has 3 rings (SSSR count). The van der Waals surface area contributed by atoms with Crippen LogP contribution in [0.25, 0.3) is 0 Å². The molecule has 0 heterocycles. The fraction of sp³-hybridized carbons (Fsp3) is 0.667. The summed E-state index contributed by atoms with van der Waals surface area (Å²) in [4.78, 5) is 22.1. The van der Waals surface area contributed by atoms with Gasteiger partial charge in [-0.2, -0.15) is 0 Å². The number of amides is 1. The monoisotopic (exact) mass is 434 g/mol. The molecule has 0 aliphatic heterocycles. The van der Waals surface area contributed by atoms with Crippen molar-refractivity contribution >= 4 is 12.1 Å². The minimum absolute atomic E-state index is 0.0893. The molecule has 3 N–H and O–H groups in total. The Labute approximate surface area is 185 Å². The molecule has 0 bridgehead atoms. The van der Waals surface area contributed by atoms with Crippen LogP contribution in [0.2, 0.25) is 0 Å². The Morgan fingerprint density at radius 2 is 1.52 bits per heavy atom. The molecule has 1 aromatic carbocycles. The van der Waals surface area contributed by atoms with Crippen molar-refractivity contribution in [2.24, 2.45) is 0 Å². The van der Waals surface area contributed by atoms with Crippen LogP contribution in [0.3, 0.4) is 0 Å². The Bertz CT molecular complexity index is 612. The van der Waals surface area contributed by atoms with Gasteiger partial charge in [-0.1, -0.05) is 68.9 Å². The summed E-state index contributed by atoms with van der Waals surface area (Å²) in [6, 6.07) is 9.73. The molecule has 0 radical (unpaired) electrons. The minimum atomic E-state index is -1.17. The zero-order chi connectivity index (χ0) is 22.3. The van der Waals surface area contributed by atoms with Gasteiger partial charge in [0.15, 0.2) is 6.04 Å². The highest BCUT2D eigenvalue weighted by atomic mass is 16.5. The van der Waals surface area contributed by atoms with Crippen molar-refractivity contribution in [3.05, 3.63) is 35.9 Å². The van der Waals surface area contributed by atoms with Crippen molar-refractivity contribution in [1.82, 2.24) is 10.6 Å². The summed E-state index contributed by atoms with van der Waals surface area (Å²) in [6.45, 7) is -0.0260. The van der Waals surface area contributed by atoms with Gasteiger partial charge in [0.05, 0.1) is 6.61 Å². The molecule has 7 nitrogen and oxygen atoms in total. The zero-order valence-corrected chi connectivity index (χ0v) is 18.7. The van der Waals surface area contributed by atoms with Crippen molar-refractivity contribution in [2.45, 2.75) is 88.9 Å². The van der Waals surface area contributed by atoms with Crippen molar-refractivity contribution in [2.75, 3.05) is 13.7 Å². The summed E-state index contributed by atoms with van der Waals surface area (Å²) >= 11 is 0. The number of hydrogen-bond acceptors (Lipinski definition) is 5. The molecule has 174 valence electrons. The van der Waals surface area contributed by atoms with Crippen molar-refractivity contribution < 1.29 is 24.2 Å². The van der Waals surface area contributed by atoms with E-state index in [4.69, 9.17) is 9.84 Å². The van der Waals surface area contributed by atoms with Gasteiger partial charge < -0.3 is 25.2 Å². The van der Waals surface area contributed by atoms with Crippen molar-refractivity contribution in [3.8, 4) is 0 Å². The first-order valence-corrected chi connectivity index (χ1v) is 11.5. The molecular formula is C24H38N2O5. The topological polar surface area (TPSA) is 96.9 Å². The number of carboxylic acids is 1. The van der Waals surface area contributed by atoms with Crippen LogP contribution in [-0.4, -0.2) is 49.0 Å². The molecule has 1 atom stereocenters. The Balaban J connectivity index is 0.000000231. The first kappa shape index (κ1) is 25.1. The van der Waals surface area contributed by atoms with Crippen molar-refractivity contribution in [1.29, 1.82) is 0 Å². The lowest BCUT2D eigenvalue weighted by atomic mass is 9.91. The second-order valence-electron chi connectivity index (χ2n) is 8.39. The molecule has 2 aliphatic rings. The highest BCUT2D eigenvalue weighted by molar-refractivity contribution is 5.79. The maximum atomic E-state index is 11.4. The zero-order valence-electron chi connectivity index (χ0n) is 18.7. The van der Waals surface area contributed by atoms with Crippen LogP contribution < -0.4 is 10.6 Å². The van der Waals surface area contributed by atoms with Gasteiger partial charge in [0, 0.05) is 19.2 Å². The van der Waals surface area contributed by atoms with Gasteiger partial charge in [0.2, 0.25) is 0 Å². The van der Waals surface area contributed by atoms with Crippen LogP contribution >= 0.6 is 0 Å². The largest absolute Gasteiger partial charge is 0.480 e. The maximum absolute atomic E-state index is 11.4. The number of ether oxygens (including phenoxy) is 2. The average molecular weight is 435 g/mol. The SMILES string of the molecule is C1CCC(NC2CCCCC2)CC1.COCC(NC(=O)OCc1ccccc1)C(=O)O. The van der Waals surface area contributed by atoms with E-state index in [1.165, 1.54) is 71.3 Å². The average Bonchev–Trinajstić information content (AvgIpc) is 2.80. The smallest absolute Gasteiger partial charge is 0.408 e. The van der Waals surface area contributed by atoms with Gasteiger partial charge in [-0.25, -0.2) is 9.59 Å². The number of rotatable bonds is 8. The Morgan fingerprint density at radius 3 is 2.00 bits per heavy atom. The number of methoxy groups -OCH3 is 1. The van der Waals surface area contributed by atoms with Crippen LogP contribution in [0.4, 0.5) is 4.79 Å². The first-order chi connectivity index (χ1) is 15.1. The number of alkyl carbamates (subject to hydrolysis) is 1. The molecule has 2 fully saturated rings.